The lowest BCUT2D eigenvalue weighted by molar-refractivity contribution is -0.138. The monoisotopic (exact) mass is 408 g/mol. The van der Waals surface area contributed by atoms with Crippen molar-refractivity contribution in [1.29, 1.82) is 0 Å². The van der Waals surface area contributed by atoms with Crippen molar-refractivity contribution in [3.63, 3.8) is 0 Å². The fourth-order valence-corrected chi connectivity index (χ4v) is 3.07. The minimum absolute atomic E-state index is 0.202. The summed E-state index contributed by atoms with van der Waals surface area (Å²) in [6.45, 7) is 1.11. The fourth-order valence-electron chi connectivity index (χ4n) is 3.07. The molecule has 3 rings (SSSR count). The number of carbonyl (C=O) groups is 3. The van der Waals surface area contributed by atoms with Gasteiger partial charge < -0.3 is 5.32 Å². The largest absolute Gasteiger partial charge is 0.416 e. The summed E-state index contributed by atoms with van der Waals surface area (Å²) >= 11 is 0. The highest BCUT2D eigenvalue weighted by atomic mass is 19.4. The number of nitrogens with zero attached hydrogens (tertiary/aromatic N) is 1. The van der Waals surface area contributed by atoms with Crippen LogP contribution in [0.4, 0.5) is 17.6 Å². The number of amides is 3. The molecule has 0 fully saturated rings. The van der Waals surface area contributed by atoms with E-state index in [9.17, 15) is 31.9 Å². The molecule has 2 aromatic rings. The van der Waals surface area contributed by atoms with Crippen LogP contribution >= 0.6 is 0 Å². The van der Waals surface area contributed by atoms with Crippen LogP contribution in [-0.4, -0.2) is 29.2 Å². The standard InChI is InChI=1S/C20H16F4N2O3/c1-11-2-5-14-15(8-11)19(29)26(18(14)28)7-6-17(27)25-10-12-3-4-13(21)9-16(12)20(22,23)24/h2-5,8-9H,6-7,10H2,1H3,(H,25,27). The van der Waals surface area contributed by atoms with Crippen LogP contribution in [0.3, 0.4) is 0 Å². The molecular weight excluding hydrogens is 392 g/mol. The number of alkyl halides is 3. The Morgan fingerprint density at radius 1 is 1.03 bits per heavy atom. The third kappa shape index (κ3) is 4.28. The van der Waals surface area contributed by atoms with Crippen molar-refractivity contribution in [1.82, 2.24) is 10.2 Å². The fraction of sp³-hybridized carbons (Fsp3) is 0.250. The highest BCUT2D eigenvalue weighted by molar-refractivity contribution is 6.21. The highest BCUT2D eigenvalue weighted by Gasteiger charge is 2.36. The first-order valence-electron chi connectivity index (χ1n) is 8.67. The van der Waals surface area contributed by atoms with Gasteiger partial charge in [-0.3, -0.25) is 19.3 Å². The molecule has 2 aromatic carbocycles. The summed E-state index contributed by atoms with van der Waals surface area (Å²) in [4.78, 5) is 37.6. The molecule has 0 radical (unpaired) electrons. The molecule has 0 saturated carbocycles. The molecule has 1 N–H and O–H groups in total. The van der Waals surface area contributed by atoms with E-state index in [1.807, 2.05) is 0 Å². The average molecular weight is 408 g/mol. The number of nitrogens with one attached hydrogen (secondary N) is 1. The predicted molar refractivity (Wildman–Crippen MR) is 94.4 cm³/mol. The highest BCUT2D eigenvalue weighted by Crippen LogP contribution is 2.32. The van der Waals surface area contributed by atoms with Gasteiger partial charge in [-0.15, -0.1) is 0 Å². The van der Waals surface area contributed by atoms with Gasteiger partial charge >= 0.3 is 6.18 Å². The van der Waals surface area contributed by atoms with Gasteiger partial charge in [0.1, 0.15) is 5.82 Å². The van der Waals surface area contributed by atoms with E-state index >= 15 is 0 Å². The van der Waals surface area contributed by atoms with Crippen molar-refractivity contribution in [3.8, 4) is 0 Å². The molecule has 9 heteroatoms. The Morgan fingerprint density at radius 2 is 1.72 bits per heavy atom. The number of imide groups is 1. The topological polar surface area (TPSA) is 66.5 Å². The first kappa shape index (κ1) is 20.5. The number of aryl methyl sites for hydroxylation is 1. The third-order valence-corrected chi connectivity index (χ3v) is 4.54. The first-order chi connectivity index (χ1) is 13.6. The molecular formula is C20H16F4N2O3. The normalized spacial score (nSPS) is 13.6. The first-order valence-corrected chi connectivity index (χ1v) is 8.67. The summed E-state index contributed by atoms with van der Waals surface area (Å²) in [6, 6.07) is 7.01. The Labute approximate surface area is 163 Å². The molecule has 1 aliphatic heterocycles. The van der Waals surface area contributed by atoms with Crippen LogP contribution in [0.15, 0.2) is 36.4 Å². The van der Waals surface area contributed by atoms with Gasteiger partial charge in [-0.25, -0.2) is 4.39 Å². The lowest BCUT2D eigenvalue weighted by Gasteiger charge is -2.15. The van der Waals surface area contributed by atoms with E-state index in [2.05, 4.69) is 5.32 Å². The zero-order valence-electron chi connectivity index (χ0n) is 15.3. The number of hydrogen-bond donors (Lipinski definition) is 1. The van der Waals surface area contributed by atoms with E-state index in [1.54, 1.807) is 19.1 Å². The van der Waals surface area contributed by atoms with Gasteiger partial charge in [0.2, 0.25) is 5.91 Å². The van der Waals surface area contributed by atoms with Crippen LogP contribution in [0.5, 0.6) is 0 Å². The molecule has 0 saturated heterocycles. The summed E-state index contributed by atoms with van der Waals surface area (Å²) in [5, 5.41) is 2.30. The SMILES string of the molecule is Cc1ccc2c(c1)C(=O)N(CCC(=O)NCc1ccc(F)cc1C(F)(F)F)C2=O. The summed E-state index contributed by atoms with van der Waals surface area (Å²) in [6.07, 6.45) is -5.03. The van der Waals surface area contributed by atoms with E-state index in [4.69, 9.17) is 0 Å². The van der Waals surface area contributed by atoms with Crippen molar-refractivity contribution < 1.29 is 31.9 Å². The molecule has 29 heavy (non-hydrogen) atoms. The molecule has 5 nitrogen and oxygen atoms in total. The van der Waals surface area contributed by atoms with Gasteiger partial charge in [-0.05, 0) is 36.8 Å². The minimum atomic E-state index is -4.76. The van der Waals surface area contributed by atoms with E-state index < -0.39 is 41.8 Å². The van der Waals surface area contributed by atoms with Crippen molar-refractivity contribution in [3.05, 3.63) is 70.0 Å². The van der Waals surface area contributed by atoms with Crippen molar-refractivity contribution in [2.24, 2.45) is 0 Å². The summed E-state index contributed by atoms with van der Waals surface area (Å²) in [5.74, 6) is -2.71. The average Bonchev–Trinajstić information content (AvgIpc) is 2.88. The molecule has 152 valence electrons. The Hall–Kier alpha value is -3.23. The van der Waals surface area contributed by atoms with Gasteiger partial charge in [0.25, 0.3) is 11.8 Å². The van der Waals surface area contributed by atoms with Gasteiger partial charge in [0.05, 0.1) is 16.7 Å². The van der Waals surface area contributed by atoms with Crippen molar-refractivity contribution in [2.45, 2.75) is 26.1 Å². The van der Waals surface area contributed by atoms with E-state index in [1.165, 1.54) is 6.07 Å². The van der Waals surface area contributed by atoms with E-state index in [0.717, 1.165) is 22.6 Å². The number of hydrogen-bond acceptors (Lipinski definition) is 3. The summed E-state index contributed by atoms with van der Waals surface area (Å²) in [7, 11) is 0. The number of rotatable bonds is 5. The zero-order chi connectivity index (χ0) is 21.3. The molecule has 1 heterocycles. The van der Waals surface area contributed by atoms with Crippen LogP contribution in [-0.2, 0) is 17.5 Å². The Balaban J connectivity index is 1.61. The Bertz CT molecular complexity index is 1000. The van der Waals surface area contributed by atoms with Crippen LogP contribution < -0.4 is 5.32 Å². The van der Waals surface area contributed by atoms with Crippen LogP contribution in [0, 0.1) is 12.7 Å². The second-order valence-electron chi connectivity index (χ2n) is 6.64. The molecule has 0 atom stereocenters. The smallest absolute Gasteiger partial charge is 0.352 e. The quantitative estimate of drug-likeness (QED) is 0.609. The van der Waals surface area contributed by atoms with Gasteiger partial charge in [-0.1, -0.05) is 17.7 Å². The molecule has 0 aromatic heterocycles. The molecule has 3 amide bonds. The van der Waals surface area contributed by atoms with Gasteiger partial charge in [0.15, 0.2) is 0 Å². The van der Waals surface area contributed by atoms with Crippen LogP contribution in [0.1, 0.15) is 43.8 Å². The Morgan fingerprint density at radius 3 is 2.41 bits per heavy atom. The number of fused-ring (bicyclic) bond motifs is 1. The molecule has 1 aliphatic rings. The van der Waals surface area contributed by atoms with Crippen molar-refractivity contribution in [2.75, 3.05) is 6.54 Å². The lowest BCUT2D eigenvalue weighted by Crippen LogP contribution is -2.34. The Kier molecular flexibility index (Phi) is 5.41. The third-order valence-electron chi connectivity index (χ3n) is 4.54. The second kappa shape index (κ2) is 7.65. The minimum Gasteiger partial charge on any atom is -0.352 e. The number of benzene rings is 2. The van der Waals surface area contributed by atoms with E-state index in [-0.39, 0.29) is 29.7 Å². The number of carbonyl (C=O) groups excluding carboxylic acids is 3. The molecule has 0 spiro atoms. The summed E-state index contributed by atoms with van der Waals surface area (Å²) in [5.41, 5.74) is -0.139. The van der Waals surface area contributed by atoms with Crippen LogP contribution in [0.2, 0.25) is 0 Å². The maximum absolute atomic E-state index is 13.1. The van der Waals surface area contributed by atoms with Crippen molar-refractivity contribution >= 4 is 17.7 Å². The van der Waals surface area contributed by atoms with E-state index in [0.29, 0.717) is 6.07 Å². The van der Waals surface area contributed by atoms with Gasteiger partial charge in [-0.2, -0.15) is 13.2 Å². The second-order valence-corrected chi connectivity index (χ2v) is 6.64. The number of halogens is 4. The lowest BCUT2D eigenvalue weighted by atomic mass is 10.1. The molecule has 0 unspecified atom stereocenters. The maximum atomic E-state index is 13.1. The van der Waals surface area contributed by atoms with Gasteiger partial charge in [0, 0.05) is 19.5 Å². The zero-order valence-corrected chi connectivity index (χ0v) is 15.3. The predicted octanol–water partition coefficient (Wildman–Crippen LogP) is 3.46. The van der Waals surface area contributed by atoms with Crippen LogP contribution in [0.25, 0.3) is 0 Å². The molecule has 0 bridgehead atoms. The summed E-state index contributed by atoms with van der Waals surface area (Å²) < 4.78 is 52.1. The maximum Gasteiger partial charge on any atom is 0.416 e. The molecule has 0 aliphatic carbocycles.